The molecule has 94 valence electrons. The minimum absolute atomic E-state index is 0.109. The van der Waals surface area contributed by atoms with E-state index in [1.54, 1.807) is 42.6 Å². The van der Waals surface area contributed by atoms with E-state index in [1.807, 2.05) is 0 Å². The van der Waals surface area contributed by atoms with Crippen LogP contribution in [-0.4, -0.2) is 20.5 Å². The molecule has 0 fully saturated rings. The molecule has 2 rings (SSSR count). The number of Topliss-reactive ketones (excluding diaryl/α,β-unsaturated/α-hetero) is 1. The third kappa shape index (κ3) is 2.54. The fourth-order valence-corrected chi connectivity index (χ4v) is 1.67. The first-order chi connectivity index (χ1) is 8.58. The van der Waals surface area contributed by atoms with Gasteiger partial charge in [-0.05, 0) is 6.07 Å². The molecule has 18 heavy (non-hydrogen) atoms. The number of aryl methyl sites for hydroxylation is 1. The number of hydrogen-bond acceptors (Lipinski definition) is 5. The van der Waals surface area contributed by atoms with Crippen molar-refractivity contribution >= 4 is 11.5 Å². The third-order valence-electron chi connectivity index (χ3n) is 2.74. The van der Waals surface area contributed by atoms with E-state index in [2.05, 4.69) is 10.1 Å². The van der Waals surface area contributed by atoms with Gasteiger partial charge in [0.2, 0.25) is 0 Å². The normalized spacial score (nSPS) is 12.3. The average Bonchev–Trinajstić information content (AvgIpc) is 2.78. The fraction of sp³-hybridized carbons (Fsp3) is 0.250. The molecule has 6 heteroatoms. The van der Waals surface area contributed by atoms with Crippen LogP contribution in [0.5, 0.6) is 0 Å². The highest BCUT2D eigenvalue weighted by molar-refractivity contribution is 5.87. The number of nitrogens with zero attached hydrogens (tertiary/aromatic N) is 3. The number of carbonyl (C=O) groups is 1. The number of nitrogens with two attached hydrogens (primary N) is 2. The number of carbonyl (C=O) groups excluding carboxylic acids is 1. The minimum Gasteiger partial charge on any atom is -0.398 e. The molecule has 0 saturated carbocycles. The summed E-state index contributed by atoms with van der Waals surface area (Å²) in [5.41, 5.74) is 13.6. The highest BCUT2D eigenvalue weighted by Crippen LogP contribution is 2.15. The molecule has 4 N–H and O–H groups in total. The number of nitrogen functional groups attached to an aromatic ring is 1. The molecule has 2 aromatic rings. The van der Waals surface area contributed by atoms with Crippen molar-refractivity contribution < 1.29 is 4.79 Å². The van der Waals surface area contributed by atoms with Crippen LogP contribution in [0.4, 0.5) is 5.69 Å². The van der Waals surface area contributed by atoms with Crippen molar-refractivity contribution in [2.75, 3.05) is 5.73 Å². The lowest BCUT2D eigenvalue weighted by Gasteiger charge is -2.09. The molecular weight excluding hydrogens is 230 g/mol. The standard InChI is InChI=1S/C12H15N5O/c1-17-7-9(6-16-17)12(14)11(18)4-8-5-15-3-2-10(8)13/h2-3,5-7,12H,4,14H2,1H3,(H2,13,15). The maximum atomic E-state index is 12.0. The van der Waals surface area contributed by atoms with Crippen LogP contribution in [0.2, 0.25) is 0 Å². The van der Waals surface area contributed by atoms with Crippen molar-refractivity contribution in [1.29, 1.82) is 0 Å². The summed E-state index contributed by atoms with van der Waals surface area (Å²) < 4.78 is 1.61. The second-order valence-electron chi connectivity index (χ2n) is 4.14. The van der Waals surface area contributed by atoms with Gasteiger partial charge in [0.05, 0.1) is 12.2 Å². The van der Waals surface area contributed by atoms with E-state index in [4.69, 9.17) is 11.5 Å². The van der Waals surface area contributed by atoms with Gasteiger partial charge < -0.3 is 11.5 Å². The summed E-state index contributed by atoms with van der Waals surface area (Å²) in [4.78, 5) is 16.0. The van der Waals surface area contributed by atoms with E-state index in [-0.39, 0.29) is 12.2 Å². The molecular formula is C12H15N5O. The fourth-order valence-electron chi connectivity index (χ4n) is 1.67. The lowest BCUT2D eigenvalue weighted by Crippen LogP contribution is -2.23. The van der Waals surface area contributed by atoms with E-state index in [0.717, 1.165) is 0 Å². The zero-order chi connectivity index (χ0) is 13.1. The Labute approximate surface area is 105 Å². The van der Waals surface area contributed by atoms with Crippen molar-refractivity contribution in [2.45, 2.75) is 12.5 Å². The number of anilines is 1. The van der Waals surface area contributed by atoms with Crippen molar-refractivity contribution in [3.8, 4) is 0 Å². The molecule has 6 nitrogen and oxygen atoms in total. The molecule has 1 atom stereocenters. The molecule has 2 heterocycles. The van der Waals surface area contributed by atoms with Crippen LogP contribution in [-0.2, 0) is 18.3 Å². The first-order valence-corrected chi connectivity index (χ1v) is 5.53. The Hall–Kier alpha value is -2.21. The Morgan fingerprint density at radius 1 is 1.50 bits per heavy atom. The van der Waals surface area contributed by atoms with E-state index < -0.39 is 6.04 Å². The third-order valence-corrected chi connectivity index (χ3v) is 2.74. The van der Waals surface area contributed by atoms with Gasteiger partial charge in [0.15, 0.2) is 5.78 Å². The number of pyridine rings is 1. The quantitative estimate of drug-likeness (QED) is 0.802. The van der Waals surface area contributed by atoms with Gasteiger partial charge in [0, 0.05) is 48.9 Å². The number of rotatable bonds is 4. The first kappa shape index (κ1) is 12.3. The van der Waals surface area contributed by atoms with Crippen LogP contribution < -0.4 is 11.5 Å². The van der Waals surface area contributed by atoms with Gasteiger partial charge in [0.1, 0.15) is 0 Å². The second kappa shape index (κ2) is 4.97. The van der Waals surface area contributed by atoms with Crippen LogP contribution >= 0.6 is 0 Å². The van der Waals surface area contributed by atoms with Gasteiger partial charge in [-0.25, -0.2) is 0 Å². The van der Waals surface area contributed by atoms with Gasteiger partial charge >= 0.3 is 0 Å². The smallest absolute Gasteiger partial charge is 0.158 e. The Balaban J connectivity index is 2.11. The van der Waals surface area contributed by atoms with E-state index in [9.17, 15) is 4.79 Å². The number of aromatic nitrogens is 3. The Morgan fingerprint density at radius 3 is 2.89 bits per heavy atom. The largest absolute Gasteiger partial charge is 0.398 e. The summed E-state index contributed by atoms with van der Waals surface area (Å²) >= 11 is 0. The van der Waals surface area contributed by atoms with Gasteiger partial charge in [-0.15, -0.1) is 0 Å². The van der Waals surface area contributed by atoms with Crippen LogP contribution in [0.15, 0.2) is 30.9 Å². The molecule has 0 radical (unpaired) electrons. The monoisotopic (exact) mass is 245 g/mol. The predicted octanol–water partition coefficient (Wildman–Crippen LogP) is 0.209. The zero-order valence-corrected chi connectivity index (χ0v) is 10.1. The molecule has 1 unspecified atom stereocenters. The molecule has 0 amide bonds. The summed E-state index contributed by atoms with van der Waals surface area (Å²) in [5.74, 6) is -0.109. The SMILES string of the molecule is Cn1cc(C(N)C(=O)Cc2cnccc2N)cn1. The highest BCUT2D eigenvalue weighted by Gasteiger charge is 2.18. The van der Waals surface area contributed by atoms with Crippen LogP contribution in [0.1, 0.15) is 17.2 Å². The summed E-state index contributed by atoms with van der Waals surface area (Å²) in [7, 11) is 1.78. The second-order valence-corrected chi connectivity index (χ2v) is 4.14. The average molecular weight is 245 g/mol. The molecule has 2 aromatic heterocycles. The Morgan fingerprint density at radius 2 is 2.28 bits per heavy atom. The van der Waals surface area contributed by atoms with E-state index in [1.165, 1.54) is 0 Å². The summed E-state index contributed by atoms with van der Waals surface area (Å²) in [6, 6.07) is 0.983. The molecule has 0 aliphatic carbocycles. The van der Waals surface area contributed by atoms with Gasteiger partial charge in [-0.1, -0.05) is 0 Å². The van der Waals surface area contributed by atoms with Crippen molar-refractivity contribution in [2.24, 2.45) is 12.8 Å². The molecule has 0 aliphatic rings. The summed E-state index contributed by atoms with van der Waals surface area (Å²) in [6.45, 7) is 0. The topological polar surface area (TPSA) is 99.8 Å². The molecule has 0 bridgehead atoms. The van der Waals surface area contributed by atoms with Crippen LogP contribution in [0, 0.1) is 0 Å². The zero-order valence-electron chi connectivity index (χ0n) is 10.1. The predicted molar refractivity (Wildman–Crippen MR) is 67.5 cm³/mol. The van der Waals surface area contributed by atoms with Gasteiger partial charge in [-0.2, -0.15) is 5.10 Å². The Bertz CT molecular complexity index is 563. The number of hydrogen-bond donors (Lipinski definition) is 2. The van der Waals surface area contributed by atoms with Crippen molar-refractivity contribution in [1.82, 2.24) is 14.8 Å². The van der Waals surface area contributed by atoms with Gasteiger partial charge in [0.25, 0.3) is 0 Å². The number of ketones is 1. The molecule has 0 aromatic carbocycles. The molecule has 0 saturated heterocycles. The maximum absolute atomic E-state index is 12.0. The van der Waals surface area contributed by atoms with Crippen LogP contribution in [0.3, 0.4) is 0 Å². The molecule has 0 aliphatic heterocycles. The van der Waals surface area contributed by atoms with E-state index in [0.29, 0.717) is 16.8 Å². The van der Waals surface area contributed by atoms with Crippen LogP contribution in [0.25, 0.3) is 0 Å². The maximum Gasteiger partial charge on any atom is 0.158 e. The first-order valence-electron chi connectivity index (χ1n) is 5.53. The molecule has 0 spiro atoms. The highest BCUT2D eigenvalue weighted by atomic mass is 16.1. The summed E-state index contributed by atoms with van der Waals surface area (Å²) in [5, 5.41) is 3.99. The minimum atomic E-state index is -0.682. The van der Waals surface area contributed by atoms with Crippen molar-refractivity contribution in [3.63, 3.8) is 0 Å². The van der Waals surface area contributed by atoms with E-state index >= 15 is 0 Å². The summed E-state index contributed by atoms with van der Waals surface area (Å²) in [6.07, 6.45) is 6.67. The lowest BCUT2D eigenvalue weighted by atomic mass is 10.0. The Kier molecular flexibility index (Phi) is 3.38. The lowest BCUT2D eigenvalue weighted by molar-refractivity contribution is -0.119. The van der Waals surface area contributed by atoms with Crippen molar-refractivity contribution in [3.05, 3.63) is 42.0 Å². The van der Waals surface area contributed by atoms with Gasteiger partial charge in [-0.3, -0.25) is 14.5 Å².